The minimum absolute atomic E-state index is 0.168. The molecule has 148 valence electrons. The van der Waals surface area contributed by atoms with E-state index in [2.05, 4.69) is 15.6 Å². The third-order valence-electron chi connectivity index (χ3n) is 4.99. The summed E-state index contributed by atoms with van der Waals surface area (Å²) < 4.78 is 12.9. The summed E-state index contributed by atoms with van der Waals surface area (Å²) in [5.74, 6) is -0.211. The molecule has 0 spiro atoms. The zero-order chi connectivity index (χ0) is 20.2. The number of hydrogen-bond acceptors (Lipinski definition) is 3. The highest BCUT2D eigenvalue weighted by Gasteiger charge is 2.26. The second kappa shape index (κ2) is 8.39. The summed E-state index contributed by atoms with van der Waals surface area (Å²) in [6, 6.07) is 15.4. The summed E-state index contributed by atoms with van der Waals surface area (Å²) in [7, 11) is 0. The second-order valence-electron chi connectivity index (χ2n) is 7.30. The normalized spacial score (nSPS) is 13.3. The number of fused-ring (bicyclic) bond motifs is 1. The van der Waals surface area contributed by atoms with Gasteiger partial charge in [-0.1, -0.05) is 30.3 Å². The van der Waals surface area contributed by atoms with Gasteiger partial charge in [0, 0.05) is 30.1 Å². The predicted molar refractivity (Wildman–Crippen MR) is 109 cm³/mol. The van der Waals surface area contributed by atoms with Crippen LogP contribution in [0.15, 0.2) is 54.6 Å². The van der Waals surface area contributed by atoms with E-state index in [0.29, 0.717) is 24.6 Å². The summed E-state index contributed by atoms with van der Waals surface area (Å²) in [5.41, 5.74) is 3.16. The van der Waals surface area contributed by atoms with E-state index >= 15 is 0 Å². The maximum absolute atomic E-state index is 12.9. The van der Waals surface area contributed by atoms with E-state index in [1.54, 1.807) is 12.1 Å². The van der Waals surface area contributed by atoms with Crippen molar-refractivity contribution in [2.45, 2.75) is 25.2 Å². The lowest BCUT2D eigenvalue weighted by molar-refractivity contribution is -0.120. The van der Waals surface area contributed by atoms with Gasteiger partial charge in [-0.05, 0) is 42.7 Å². The van der Waals surface area contributed by atoms with Crippen molar-refractivity contribution in [1.82, 2.24) is 15.6 Å². The largest absolute Gasteiger partial charge is 0.354 e. The fourth-order valence-electron chi connectivity index (χ4n) is 3.30. The SMILES string of the molecule is O=C(Cc1ccc(F)cc1)NCCNC(=O)c1cc(C2CC2)nc2ccccc12. The van der Waals surface area contributed by atoms with E-state index in [-0.39, 0.29) is 24.1 Å². The van der Waals surface area contributed by atoms with Gasteiger partial charge in [0.05, 0.1) is 17.5 Å². The van der Waals surface area contributed by atoms with Crippen LogP contribution in [0.2, 0.25) is 0 Å². The summed E-state index contributed by atoms with van der Waals surface area (Å²) in [4.78, 5) is 29.4. The number of benzene rings is 2. The predicted octanol–water partition coefficient (Wildman–Crippen LogP) is 3.34. The molecule has 4 rings (SSSR count). The Morgan fingerprint density at radius 3 is 2.48 bits per heavy atom. The Morgan fingerprint density at radius 2 is 1.72 bits per heavy atom. The Hall–Kier alpha value is -3.28. The van der Waals surface area contributed by atoms with Crippen LogP contribution in [0.1, 0.15) is 40.4 Å². The molecule has 2 N–H and O–H groups in total. The smallest absolute Gasteiger partial charge is 0.252 e. The molecule has 1 saturated carbocycles. The number of para-hydroxylation sites is 1. The number of amides is 2. The first-order valence-corrected chi connectivity index (χ1v) is 9.79. The molecule has 0 unspecified atom stereocenters. The Balaban J connectivity index is 1.33. The quantitative estimate of drug-likeness (QED) is 0.607. The number of halogens is 1. The first-order valence-electron chi connectivity index (χ1n) is 9.79. The third kappa shape index (κ3) is 4.77. The van der Waals surface area contributed by atoms with Gasteiger partial charge in [-0.25, -0.2) is 4.39 Å². The van der Waals surface area contributed by atoms with Gasteiger partial charge in [-0.3, -0.25) is 14.6 Å². The van der Waals surface area contributed by atoms with Gasteiger partial charge in [-0.15, -0.1) is 0 Å². The van der Waals surface area contributed by atoms with Crippen LogP contribution in [-0.2, 0) is 11.2 Å². The zero-order valence-corrected chi connectivity index (χ0v) is 16.0. The summed E-state index contributed by atoms with van der Waals surface area (Å²) in [5, 5.41) is 6.47. The number of carbonyl (C=O) groups is 2. The molecular weight excluding hydrogens is 369 g/mol. The molecule has 29 heavy (non-hydrogen) atoms. The van der Waals surface area contributed by atoms with Gasteiger partial charge in [0.15, 0.2) is 0 Å². The Labute approximate surface area is 168 Å². The average molecular weight is 391 g/mol. The van der Waals surface area contributed by atoms with Crippen LogP contribution in [0.5, 0.6) is 0 Å². The van der Waals surface area contributed by atoms with E-state index in [9.17, 15) is 14.0 Å². The second-order valence-corrected chi connectivity index (χ2v) is 7.30. The number of hydrogen-bond donors (Lipinski definition) is 2. The Morgan fingerprint density at radius 1 is 1.00 bits per heavy atom. The molecule has 1 heterocycles. The van der Waals surface area contributed by atoms with Crippen LogP contribution in [0, 0.1) is 5.82 Å². The number of aromatic nitrogens is 1. The average Bonchev–Trinajstić information content (AvgIpc) is 3.57. The minimum Gasteiger partial charge on any atom is -0.354 e. The molecule has 1 aliphatic carbocycles. The van der Waals surface area contributed by atoms with Crippen molar-refractivity contribution in [3.63, 3.8) is 0 Å². The van der Waals surface area contributed by atoms with Gasteiger partial charge in [0.2, 0.25) is 5.91 Å². The molecule has 0 aliphatic heterocycles. The number of nitrogens with zero attached hydrogens (tertiary/aromatic N) is 1. The molecule has 6 heteroatoms. The highest BCUT2D eigenvalue weighted by atomic mass is 19.1. The van der Waals surface area contributed by atoms with E-state index in [4.69, 9.17) is 0 Å². The van der Waals surface area contributed by atoms with E-state index in [1.807, 2.05) is 30.3 Å². The van der Waals surface area contributed by atoms with Crippen LogP contribution in [0.4, 0.5) is 4.39 Å². The third-order valence-corrected chi connectivity index (χ3v) is 4.99. The van der Waals surface area contributed by atoms with Gasteiger partial charge < -0.3 is 10.6 Å². The van der Waals surface area contributed by atoms with Crippen LogP contribution in [-0.4, -0.2) is 29.9 Å². The Kier molecular flexibility index (Phi) is 5.51. The van der Waals surface area contributed by atoms with Crippen molar-refractivity contribution in [1.29, 1.82) is 0 Å². The van der Waals surface area contributed by atoms with Crippen molar-refractivity contribution < 1.29 is 14.0 Å². The lowest BCUT2D eigenvalue weighted by Gasteiger charge is -2.11. The molecule has 1 aromatic heterocycles. The number of carbonyl (C=O) groups excluding carboxylic acids is 2. The Bertz CT molecular complexity index is 1050. The van der Waals surface area contributed by atoms with Crippen molar-refractivity contribution in [3.8, 4) is 0 Å². The van der Waals surface area contributed by atoms with Crippen molar-refractivity contribution >= 4 is 22.7 Å². The monoisotopic (exact) mass is 391 g/mol. The summed E-state index contributed by atoms with van der Waals surface area (Å²) >= 11 is 0. The molecule has 1 aliphatic rings. The number of rotatable bonds is 7. The number of nitrogens with one attached hydrogen (secondary N) is 2. The van der Waals surface area contributed by atoms with Crippen molar-refractivity contribution in [2.24, 2.45) is 0 Å². The first-order chi connectivity index (χ1) is 14.1. The van der Waals surface area contributed by atoms with Crippen LogP contribution in [0.3, 0.4) is 0 Å². The minimum atomic E-state index is -0.328. The lowest BCUT2D eigenvalue weighted by atomic mass is 10.1. The molecule has 5 nitrogen and oxygen atoms in total. The van der Waals surface area contributed by atoms with Gasteiger partial charge in [0.25, 0.3) is 5.91 Å². The summed E-state index contributed by atoms with van der Waals surface area (Å²) in [6.45, 7) is 0.646. The maximum atomic E-state index is 12.9. The molecule has 2 amide bonds. The first kappa shape index (κ1) is 19.1. The number of pyridine rings is 1. The molecule has 3 aromatic rings. The molecule has 0 radical (unpaired) electrons. The fraction of sp³-hybridized carbons (Fsp3) is 0.261. The van der Waals surface area contributed by atoms with E-state index in [1.165, 1.54) is 12.1 Å². The maximum Gasteiger partial charge on any atom is 0.252 e. The lowest BCUT2D eigenvalue weighted by Crippen LogP contribution is -2.35. The fourth-order valence-corrected chi connectivity index (χ4v) is 3.30. The molecular formula is C23H22FN3O2. The molecule has 1 fully saturated rings. The molecule has 0 bridgehead atoms. The van der Waals surface area contributed by atoms with E-state index < -0.39 is 0 Å². The zero-order valence-electron chi connectivity index (χ0n) is 16.0. The highest BCUT2D eigenvalue weighted by Crippen LogP contribution is 2.40. The highest BCUT2D eigenvalue weighted by molar-refractivity contribution is 6.06. The van der Waals surface area contributed by atoms with Crippen molar-refractivity contribution in [3.05, 3.63) is 77.2 Å². The van der Waals surface area contributed by atoms with E-state index in [0.717, 1.165) is 35.0 Å². The molecule has 2 aromatic carbocycles. The standard InChI is InChI=1S/C23H22FN3O2/c24-17-9-5-15(6-10-17)13-22(28)25-11-12-26-23(29)19-14-21(16-7-8-16)27-20-4-2-1-3-18(19)20/h1-6,9-10,14,16H,7-8,11-13H2,(H,25,28)(H,26,29). The topological polar surface area (TPSA) is 71.1 Å². The van der Waals surface area contributed by atoms with Gasteiger partial charge in [-0.2, -0.15) is 0 Å². The van der Waals surface area contributed by atoms with Crippen LogP contribution < -0.4 is 10.6 Å². The van der Waals surface area contributed by atoms with Crippen LogP contribution >= 0.6 is 0 Å². The van der Waals surface area contributed by atoms with Gasteiger partial charge in [0.1, 0.15) is 5.82 Å². The summed E-state index contributed by atoms with van der Waals surface area (Å²) in [6.07, 6.45) is 2.41. The van der Waals surface area contributed by atoms with Crippen molar-refractivity contribution in [2.75, 3.05) is 13.1 Å². The van der Waals surface area contributed by atoms with Gasteiger partial charge >= 0.3 is 0 Å². The molecule has 0 saturated heterocycles. The van der Waals surface area contributed by atoms with Crippen LogP contribution in [0.25, 0.3) is 10.9 Å². The molecule has 0 atom stereocenters.